The van der Waals surface area contributed by atoms with Gasteiger partial charge >= 0.3 is 0 Å². The number of rotatable bonds is 4. The van der Waals surface area contributed by atoms with Crippen molar-refractivity contribution in [1.29, 1.82) is 0 Å². The Morgan fingerprint density at radius 3 is 2.39 bits per heavy atom. The van der Waals surface area contributed by atoms with Crippen molar-refractivity contribution in [2.75, 3.05) is 19.7 Å². The molecule has 0 bridgehead atoms. The quantitative estimate of drug-likeness (QED) is 0.798. The lowest BCUT2D eigenvalue weighted by atomic mass is 9.75. The lowest BCUT2D eigenvalue weighted by molar-refractivity contribution is -0.136. The first-order chi connectivity index (χ1) is 8.39. The van der Waals surface area contributed by atoms with Gasteiger partial charge in [0.25, 0.3) is 0 Å². The van der Waals surface area contributed by atoms with E-state index in [1.54, 1.807) is 0 Å². The molecule has 2 rings (SSSR count). The van der Waals surface area contributed by atoms with Crippen LogP contribution in [0.4, 0.5) is 0 Å². The molecule has 1 amide bonds. The largest absolute Gasteiger partial charge is 0.363 e. The van der Waals surface area contributed by atoms with Crippen molar-refractivity contribution in [1.82, 2.24) is 10.6 Å². The number of carbonyl (C=O) groups excluding carboxylic acids is 1. The number of hydrogen-bond donors (Lipinski definition) is 2. The molecule has 0 aromatic heterocycles. The molecule has 0 aromatic carbocycles. The second-order valence-corrected chi connectivity index (χ2v) is 6.85. The van der Waals surface area contributed by atoms with Crippen LogP contribution in [0.1, 0.15) is 46.5 Å². The van der Waals surface area contributed by atoms with Crippen LogP contribution in [0.25, 0.3) is 0 Å². The molecule has 1 heterocycles. The molecule has 1 saturated carbocycles. The van der Waals surface area contributed by atoms with Crippen LogP contribution in [0.5, 0.6) is 0 Å². The summed E-state index contributed by atoms with van der Waals surface area (Å²) >= 11 is 0. The smallest absolute Gasteiger partial charge is 0.246 e. The summed E-state index contributed by atoms with van der Waals surface area (Å²) in [6, 6.07) is 0.349. The van der Waals surface area contributed by atoms with E-state index in [1.807, 2.05) is 6.92 Å². The summed E-state index contributed by atoms with van der Waals surface area (Å²) in [7, 11) is 0. The summed E-state index contributed by atoms with van der Waals surface area (Å²) in [5, 5.41) is 6.25. The number of ether oxygens (including phenoxy) is 1. The highest BCUT2D eigenvalue weighted by Crippen LogP contribution is 2.34. The highest BCUT2D eigenvalue weighted by Gasteiger charge is 2.33. The van der Waals surface area contributed by atoms with Gasteiger partial charge in [-0.2, -0.15) is 0 Å². The van der Waals surface area contributed by atoms with Gasteiger partial charge in [0.15, 0.2) is 0 Å². The summed E-state index contributed by atoms with van der Waals surface area (Å²) in [6.45, 7) is 8.53. The molecule has 4 heteroatoms. The van der Waals surface area contributed by atoms with Crippen LogP contribution in [-0.2, 0) is 9.53 Å². The van der Waals surface area contributed by atoms with E-state index in [0.29, 0.717) is 11.5 Å². The molecule has 1 aliphatic carbocycles. The molecule has 0 unspecified atom stereocenters. The first-order valence-corrected chi connectivity index (χ1v) is 7.03. The highest BCUT2D eigenvalue weighted by molar-refractivity contribution is 5.77. The van der Waals surface area contributed by atoms with Crippen molar-refractivity contribution in [3.63, 3.8) is 0 Å². The van der Waals surface area contributed by atoms with Crippen molar-refractivity contribution in [3.8, 4) is 0 Å². The molecule has 1 aliphatic heterocycles. The average molecular weight is 254 g/mol. The second-order valence-electron chi connectivity index (χ2n) is 6.85. The highest BCUT2D eigenvalue weighted by atomic mass is 16.5. The van der Waals surface area contributed by atoms with E-state index in [9.17, 15) is 4.79 Å². The van der Waals surface area contributed by atoms with Crippen LogP contribution >= 0.6 is 0 Å². The number of hydrogen-bond acceptors (Lipinski definition) is 3. The van der Waals surface area contributed by atoms with Crippen molar-refractivity contribution < 1.29 is 9.53 Å². The zero-order chi connectivity index (χ0) is 13.2. The third-order valence-electron chi connectivity index (χ3n) is 4.25. The zero-order valence-corrected chi connectivity index (χ0v) is 11.8. The maximum absolute atomic E-state index is 11.8. The minimum absolute atomic E-state index is 0.0350. The fourth-order valence-electron chi connectivity index (χ4n) is 2.63. The van der Waals surface area contributed by atoms with Crippen molar-refractivity contribution in [2.45, 2.75) is 58.1 Å². The maximum Gasteiger partial charge on any atom is 0.246 e. The standard InChI is InChI=1S/C14H26N2O2/c1-13(2)6-4-11(5-7-13)16-12(17)8-18-14(3)9-15-10-14/h11,15H,4-10H2,1-3H3,(H,16,17). The molecule has 0 aromatic rings. The Kier molecular flexibility index (Phi) is 3.97. The Hall–Kier alpha value is -0.610. The molecule has 104 valence electrons. The number of amides is 1. The van der Waals surface area contributed by atoms with Gasteiger partial charge in [-0.05, 0) is 38.0 Å². The summed E-state index contributed by atoms with van der Waals surface area (Å²) < 4.78 is 5.64. The predicted octanol–water partition coefficient (Wildman–Crippen LogP) is 1.45. The minimum atomic E-state index is -0.133. The molecule has 2 fully saturated rings. The molecule has 0 spiro atoms. The van der Waals surface area contributed by atoms with Crippen LogP contribution in [0.15, 0.2) is 0 Å². The van der Waals surface area contributed by atoms with E-state index >= 15 is 0 Å². The number of carbonyl (C=O) groups is 1. The van der Waals surface area contributed by atoms with Gasteiger partial charge in [-0.3, -0.25) is 4.79 Å². The van der Waals surface area contributed by atoms with Gasteiger partial charge < -0.3 is 15.4 Å². The van der Waals surface area contributed by atoms with Crippen molar-refractivity contribution >= 4 is 5.91 Å². The second kappa shape index (κ2) is 5.17. The third-order valence-corrected chi connectivity index (χ3v) is 4.25. The van der Waals surface area contributed by atoms with Gasteiger partial charge in [-0.15, -0.1) is 0 Å². The van der Waals surface area contributed by atoms with E-state index in [2.05, 4.69) is 24.5 Å². The Morgan fingerprint density at radius 2 is 1.89 bits per heavy atom. The Balaban J connectivity index is 1.65. The van der Waals surface area contributed by atoms with Gasteiger partial charge in [-0.1, -0.05) is 13.8 Å². The zero-order valence-electron chi connectivity index (χ0n) is 11.8. The fraction of sp³-hybridized carbons (Fsp3) is 0.929. The van der Waals surface area contributed by atoms with Crippen molar-refractivity contribution in [3.05, 3.63) is 0 Å². The molecule has 0 radical (unpaired) electrons. The average Bonchev–Trinajstić information content (AvgIpc) is 2.27. The lowest BCUT2D eigenvalue weighted by Crippen LogP contribution is -2.59. The minimum Gasteiger partial charge on any atom is -0.363 e. The lowest BCUT2D eigenvalue weighted by Gasteiger charge is -2.39. The topological polar surface area (TPSA) is 50.4 Å². The Morgan fingerprint density at radius 1 is 1.28 bits per heavy atom. The van der Waals surface area contributed by atoms with E-state index in [-0.39, 0.29) is 18.1 Å². The van der Waals surface area contributed by atoms with Crippen molar-refractivity contribution in [2.24, 2.45) is 5.41 Å². The van der Waals surface area contributed by atoms with Gasteiger partial charge in [-0.25, -0.2) is 0 Å². The van der Waals surface area contributed by atoms with Gasteiger partial charge in [0.05, 0.1) is 5.60 Å². The SMILES string of the molecule is CC1(C)CCC(NC(=O)COC2(C)CNC2)CC1. The first-order valence-electron chi connectivity index (χ1n) is 7.03. The molecule has 18 heavy (non-hydrogen) atoms. The molecule has 2 N–H and O–H groups in total. The van der Waals surface area contributed by atoms with Crippen LogP contribution in [0.3, 0.4) is 0 Å². The normalized spacial score (nSPS) is 26.4. The van der Waals surface area contributed by atoms with E-state index in [4.69, 9.17) is 4.74 Å². The first kappa shape index (κ1) is 13.8. The van der Waals surface area contributed by atoms with Crippen LogP contribution in [0.2, 0.25) is 0 Å². The summed E-state index contributed by atoms with van der Waals surface area (Å²) in [5.74, 6) is 0.0350. The monoisotopic (exact) mass is 254 g/mol. The molecule has 2 aliphatic rings. The number of nitrogens with one attached hydrogen (secondary N) is 2. The van der Waals surface area contributed by atoms with E-state index < -0.39 is 0 Å². The fourth-order valence-corrected chi connectivity index (χ4v) is 2.63. The van der Waals surface area contributed by atoms with Crippen LogP contribution in [0, 0.1) is 5.41 Å². The molecule has 0 atom stereocenters. The molecule has 4 nitrogen and oxygen atoms in total. The van der Waals surface area contributed by atoms with Crippen LogP contribution in [-0.4, -0.2) is 37.2 Å². The molecular formula is C14H26N2O2. The summed E-state index contributed by atoms with van der Waals surface area (Å²) in [5.41, 5.74) is 0.314. The third kappa shape index (κ3) is 3.69. The van der Waals surface area contributed by atoms with E-state index in [0.717, 1.165) is 25.9 Å². The van der Waals surface area contributed by atoms with Gasteiger partial charge in [0.2, 0.25) is 5.91 Å². The predicted molar refractivity (Wildman–Crippen MR) is 71.4 cm³/mol. The summed E-state index contributed by atoms with van der Waals surface area (Å²) in [6.07, 6.45) is 4.58. The van der Waals surface area contributed by atoms with Crippen LogP contribution < -0.4 is 10.6 Å². The van der Waals surface area contributed by atoms with Gasteiger partial charge in [0.1, 0.15) is 6.61 Å². The Labute approximate surface area is 110 Å². The molecular weight excluding hydrogens is 228 g/mol. The maximum atomic E-state index is 11.8. The summed E-state index contributed by atoms with van der Waals surface area (Å²) in [4.78, 5) is 11.8. The van der Waals surface area contributed by atoms with Gasteiger partial charge in [0, 0.05) is 19.1 Å². The molecule has 1 saturated heterocycles. The Bertz CT molecular complexity index is 301. The van der Waals surface area contributed by atoms with E-state index in [1.165, 1.54) is 12.8 Å².